The number of methoxy groups -OCH3 is 1. The summed E-state index contributed by atoms with van der Waals surface area (Å²) < 4.78 is 27.7. The average Bonchev–Trinajstić information content (AvgIpc) is 3.40. The van der Waals surface area contributed by atoms with Crippen LogP contribution in [0.15, 0.2) is 54.3 Å². The molecule has 2 bridgehead atoms. The predicted molar refractivity (Wildman–Crippen MR) is 160 cm³/mol. The van der Waals surface area contributed by atoms with Crippen LogP contribution in [-0.4, -0.2) is 81.3 Å². The fraction of sp³-hybridized carbons (Fsp3) is 0.441. The number of ether oxygens (including phenoxy) is 5. The molecule has 2 aromatic carbocycles. The van der Waals surface area contributed by atoms with Crippen molar-refractivity contribution in [3.63, 3.8) is 0 Å². The van der Waals surface area contributed by atoms with E-state index in [4.69, 9.17) is 28.8 Å². The summed E-state index contributed by atoms with van der Waals surface area (Å²) in [6, 6.07) is 11.1. The molecule has 4 aliphatic rings. The van der Waals surface area contributed by atoms with Gasteiger partial charge in [0, 0.05) is 11.1 Å². The second-order valence-corrected chi connectivity index (χ2v) is 12.4. The van der Waals surface area contributed by atoms with Gasteiger partial charge in [0.2, 0.25) is 12.2 Å². The van der Waals surface area contributed by atoms with Gasteiger partial charge < -0.3 is 44.1 Å². The Bertz CT molecular complexity index is 1680. The van der Waals surface area contributed by atoms with Crippen LogP contribution in [0.5, 0.6) is 11.5 Å². The standard InChI is InChI=1S/C34H34O14/c1-44-21-10-9-18-14-19-8-5-12-33-26(18)28(21)48-29(33)22(11-13-34(19,33)43)45-31(41)20(35)15-25(38)47-27(17-6-3-2-4-7-17)32(42)46-23(30(39)40)16-24(36)37/h2-4,6-7,9-11,19-20,23,27,29,35,43H,5,8,12-16H2,1H3,(H,36,37)(H,39,40)/t19-,20-,23+,27-,29+,33+,34-/m0/s1. The summed E-state index contributed by atoms with van der Waals surface area (Å²) in [5.41, 5.74) is -0.147. The minimum Gasteiger partial charge on any atom is -0.493 e. The number of carboxylic acids is 2. The fourth-order valence-corrected chi connectivity index (χ4v) is 7.71. The van der Waals surface area contributed by atoms with E-state index in [0.29, 0.717) is 24.3 Å². The first-order valence-corrected chi connectivity index (χ1v) is 15.5. The Hall–Kier alpha value is -4.95. The Balaban J connectivity index is 1.17. The molecule has 0 saturated heterocycles. The van der Waals surface area contributed by atoms with Gasteiger partial charge in [-0.3, -0.25) is 9.59 Å². The third-order valence-electron chi connectivity index (χ3n) is 9.78. The first-order valence-electron chi connectivity index (χ1n) is 15.5. The van der Waals surface area contributed by atoms with Gasteiger partial charge >= 0.3 is 29.8 Å². The van der Waals surface area contributed by atoms with Gasteiger partial charge in [0.1, 0.15) is 5.76 Å². The van der Waals surface area contributed by atoms with Crippen LogP contribution < -0.4 is 9.47 Å². The second kappa shape index (κ2) is 12.6. The molecule has 1 saturated carbocycles. The monoisotopic (exact) mass is 666 g/mol. The van der Waals surface area contributed by atoms with Gasteiger partial charge in [0.05, 0.1) is 31.0 Å². The van der Waals surface area contributed by atoms with Crippen LogP contribution in [-0.2, 0) is 50.0 Å². The molecule has 1 aliphatic heterocycles. The van der Waals surface area contributed by atoms with E-state index in [1.807, 2.05) is 6.07 Å². The van der Waals surface area contributed by atoms with Crippen molar-refractivity contribution in [2.75, 3.05) is 7.11 Å². The fourth-order valence-electron chi connectivity index (χ4n) is 7.71. The summed E-state index contributed by atoms with van der Waals surface area (Å²) in [5, 5.41) is 41.2. The number of aliphatic hydroxyl groups excluding tert-OH is 1. The molecule has 48 heavy (non-hydrogen) atoms. The van der Waals surface area contributed by atoms with Gasteiger partial charge in [-0.05, 0) is 49.3 Å². The van der Waals surface area contributed by atoms with Crippen molar-refractivity contribution in [2.24, 2.45) is 5.92 Å². The lowest BCUT2D eigenvalue weighted by Gasteiger charge is -2.59. The zero-order valence-corrected chi connectivity index (χ0v) is 25.8. The lowest BCUT2D eigenvalue weighted by Crippen LogP contribution is -2.67. The van der Waals surface area contributed by atoms with Crippen molar-refractivity contribution in [3.05, 3.63) is 71.0 Å². The molecule has 7 atom stereocenters. The highest BCUT2D eigenvalue weighted by molar-refractivity contribution is 5.87. The summed E-state index contributed by atoms with van der Waals surface area (Å²) in [5.74, 6) is -6.10. The summed E-state index contributed by atoms with van der Waals surface area (Å²) in [6.45, 7) is 0. The van der Waals surface area contributed by atoms with Crippen molar-refractivity contribution >= 4 is 29.8 Å². The molecule has 0 aromatic heterocycles. The molecule has 0 amide bonds. The smallest absolute Gasteiger partial charge is 0.353 e. The zero-order chi connectivity index (χ0) is 34.4. The van der Waals surface area contributed by atoms with Gasteiger partial charge in [0.25, 0.3) is 0 Å². The molecule has 3 aliphatic carbocycles. The van der Waals surface area contributed by atoms with Crippen molar-refractivity contribution in [1.29, 1.82) is 0 Å². The lowest BCUT2D eigenvalue weighted by molar-refractivity contribution is -0.180. The molecule has 6 rings (SSSR count). The van der Waals surface area contributed by atoms with Crippen LogP contribution in [0, 0.1) is 5.92 Å². The number of hydrogen-bond acceptors (Lipinski definition) is 12. The van der Waals surface area contributed by atoms with Crippen molar-refractivity contribution in [1.82, 2.24) is 0 Å². The Kier molecular flexibility index (Phi) is 8.64. The van der Waals surface area contributed by atoms with E-state index in [-0.39, 0.29) is 23.7 Å². The summed E-state index contributed by atoms with van der Waals surface area (Å²) >= 11 is 0. The van der Waals surface area contributed by atoms with Crippen LogP contribution >= 0.6 is 0 Å². The zero-order valence-electron chi connectivity index (χ0n) is 25.8. The average molecular weight is 667 g/mol. The quantitative estimate of drug-likeness (QED) is 0.189. The van der Waals surface area contributed by atoms with Gasteiger partial charge in [-0.1, -0.05) is 42.8 Å². The van der Waals surface area contributed by atoms with Crippen LogP contribution in [0.3, 0.4) is 0 Å². The number of carbonyl (C=O) groups excluding carboxylic acids is 3. The molecular formula is C34H34O14. The first kappa shape index (κ1) is 33.0. The van der Waals surface area contributed by atoms with E-state index in [2.05, 4.69) is 0 Å². The number of carbonyl (C=O) groups is 5. The molecule has 1 heterocycles. The molecule has 2 aromatic rings. The van der Waals surface area contributed by atoms with E-state index in [0.717, 1.165) is 24.0 Å². The third kappa shape index (κ3) is 5.44. The molecule has 0 unspecified atom stereocenters. The van der Waals surface area contributed by atoms with Crippen molar-refractivity contribution < 1.29 is 68.1 Å². The summed E-state index contributed by atoms with van der Waals surface area (Å²) in [4.78, 5) is 61.5. The van der Waals surface area contributed by atoms with Crippen LogP contribution in [0.1, 0.15) is 61.3 Å². The number of benzene rings is 2. The maximum absolute atomic E-state index is 13.2. The molecular weight excluding hydrogens is 632 g/mol. The molecule has 254 valence electrons. The van der Waals surface area contributed by atoms with Crippen molar-refractivity contribution in [2.45, 2.75) is 80.4 Å². The predicted octanol–water partition coefficient (Wildman–Crippen LogP) is 2.12. The van der Waals surface area contributed by atoms with E-state index >= 15 is 0 Å². The van der Waals surface area contributed by atoms with Crippen molar-refractivity contribution in [3.8, 4) is 11.5 Å². The first-order chi connectivity index (χ1) is 22.9. The van der Waals surface area contributed by atoms with Gasteiger partial charge in [0.15, 0.2) is 23.7 Å². The molecule has 1 spiro atoms. The Morgan fingerprint density at radius 1 is 1.00 bits per heavy atom. The molecule has 1 fully saturated rings. The van der Waals surface area contributed by atoms with E-state index in [9.17, 15) is 39.3 Å². The highest BCUT2D eigenvalue weighted by Crippen LogP contribution is 2.67. The van der Waals surface area contributed by atoms with Gasteiger partial charge in [-0.25, -0.2) is 14.4 Å². The van der Waals surface area contributed by atoms with Crippen LogP contribution in [0.2, 0.25) is 0 Å². The maximum Gasteiger partial charge on any atom is 0.353 e. The highest BCUT2D eigenvalue weighted by atomic mass is 16.6. The molecule has 14 nitrogen and oxygen atoms in total. The number of aliphatic hydroxyl groups is 2. The number of rotatable bonds is 12. The molecule has 0 radical (unpaired) electrons. The van der Waals surface area contributed by atoms with Crippen LogP contribution in [0.25, 0.3) is 0 Å². The Labute approximate surface area is 273 Å². The topological polar surface area (TPSA) is 212 Å². The highest BCUT2D eigenvalue weighted by Gasteiger charge is 2.71. The largest absolute Gasteiger partial charge is 0.493 e. The van der Waals surface area contributed by atoms with E-state index in [1.54, 1.807) is 18.2 Å². The Morgan fingerprint density at radius 2 is 1.75 bits per heavy atom. The summed E-state index contributed by atoms with van der Waals surface area (Å²) in [7, 11) is 1.51. The number of carboxylic acid groups (broad SMARTS) is 2. The number of aliphatic carboxylic acids is 2. The SMILES string of the molecule is COc1ccc2c3c1O[C@@H]1C(OC(=O)[C@@H](O)CC(=O)O[C@H](C(=O)O[C@H](CC(=O)O)C(=O)O)c4ccccc4)=CC[C@]4(O)[C@@H](CCC[C@@]314)C2. The van der Waals surface area contributed by atoms with Gasteiger partial charge in [-0.15, -0.1) is 0 Å². The maximum atomic E-state index is 13.2. The minimum atomic E-state index is -2.06. The van der Waals surface area contributed by atoms with Gasteiger partial charge in [-0.2, -0.15) is 0 Å². The Morgan fingerprint density at radius 3 is 2.44 bits per heavy atom. The van der Waals surface area contributed by atoms with E-state index in [1.165, 1.54) is 31.4 Å². The summed E-state index contributed by atoms with van der Waals surface area (Å²) in [6.07, 6.45) is -4.25. The molecule has 4 N–H and O–H groups in total. The number of hydrogen-bond donors (Lipinski definition) is 4. The van der Waals surface area contributed by atoms with E-state index < -0.39 is 78.1 Å². The normalized spacial score (nSPS) is 26.4. The molecule has 14 heteroatoms. The minimum absolute atomic E-state index is 0.0442. The third-order valence-corrected chi connectivity index (χ3v) is 9.78. The number of esters is 3. The van der Waals surface area contributed by atoms with Crippen LogP contribution in [0.4, 0.5) is 0 Å². The lowest BCUT2D eigenvalue weighted by atomic mass is 9.47. The second-order valence-electron chi connectivity index (χ2n) is 12.4.